The zero-order valence-corrected chi connectivity index (χ0v) is 8.08. The number of carbonyl (C=O) groups excluding carboxylic acids is 1. The number of rotatable bonds is 4. The maximum absolute atomic E-state index is 12.0. The van der Waals surface area contributed by atoms with E-state index < -0.39 is 11.4 Å². The molecule has 0 aromatic heterocycles. The van der Waals surface area contributed by atoms with Crippen molar-refractivity contribution in [3.8, 4) is 0 Å². The molecular weight excluding hydrogens is 182 g/mol. The van der Waals surface area contributed by atoms with Crippen molar-refractivity contribution in [2.45, 2.75) is 25.7 Å². The minimum absolute atomic E-state index is 0.00463. The maximum atomic E-state index is 12.0. The number of Topliss-reactive ketones (excluding diaryl/α,β-unsaturated/α-hetero) is 1. The number of aliphatic carboxylic acids is 1. The molecule has 4 heteroatoms. The summed E-state index contributed by atoms with van der Waals surface area (Å²) in [6.45, 7) is 1.32. The molecule has 78 valence electrons. The second-order valence-electron chi connectivity index (χ2n) is 4.42. The summed E-state index contributed by atoms with van der Waals surface area (Å²) in [5, 5.41) is 11.9. The molecule has 2 rings (SSSR count). The van der Waals surface area contributed by atoms with Gasteiger partial charge in [0.05, 0.1) is 11.8 Å². The van der Waals surface area contributed by atoms with Gasteiger partial charge >= 0.3 is 5.97 Å². The molecular formula is C10H15NO3. The van der Waals surface area contributed by atoms with Crippen LogP contribution >= 0.6 is 0 Å². The Morgan fingerprint density at radius 3 is 2.57 bits per heavy atom. The van der Waals surface area contributed by atoms with Crippen LogP contribution in [-0.4, -0.2) is 29.9 Å². The molecule has 2 fully saturated rings. The lowest BCUT2D eigenvalue weighted by Crippen LogP contribution is -2.36. The zero-order valence-electron chi connectivity index (χ0n) is 8.08. The Kier molecular flexibility index (Phi) is 2.31. The van der Waals surface area contributed by atoms with Crippen LogP contribution in [-0.2, 0) is 9.59 Å². The van der Waals surface area contributed by atoms with E-state index in [4.69, 9.17) is 5.11 Å². The van der Waals surface area contributed by atoms with Gasteiger partial charge in [0.1, 0.15) is 5.78 Å². The van der Waals surface area contributed by atoms with Crippen LogP contribution in [0.25, 0.3) is 0 Å². The fraction of sp³-hybridized carbons (Fsp3) is 0.800. The van der Waals surface area contributed by atoms with E-state index >= 15 is 0 Å². The Morgan fingerprint density at radius 2 is 2.14 bits per heavy atom. The average molecular weight is 197 g/mol. The minimum atomic E-state index is -0.859. The van der Waals surface area contributed by atoms with Crippen LogP contribution in [0.2, 0.25) is 0 Å². The van der Waals surface area contributed by atoms with Crippen LogP contribution in [0.5, 0.6) is 0 Å². The maximum Gasteiger partial charge on any atom is 0.304 e. The number of hydrogen-bond donors (Lipinski definition) is 2. The highest BCUT2D eigenvalue weighted by Crippen LogP contribution is 2.41. The largest absolute Gasteiger partial charge is 0.481 e. The Labute approximate surface area is 82.7 Å². The topological polar surface area (TPSA) is 66.4 Å². The lowest BCUT2D eigenvalue weighted by Gasteiger charge is -2.24. The molecule has 14 heavy (non-hydrogen) atoms. The summed E-state index contributed by atoms with van der Waals surface area (Å²) in [5.41, 5.74) is -0.590. The molecule has 2 aliphatic rings. The van der Waals surface area contributed by atoms with E-state index in [-0.39, 0.29) is 18.1 Å². The molecule has 0 amide bonds. The SMILES string of the molecule is O=C(O)C[C@@]1(C(=O)C2CC2)CCNC1. The number of nitrogens with one attached hydrogen (secondary N) is 1. The second-order valence-corrected chi connectivity index (χ2v) is 4.42. The molecule has 2 N–H and O–H groups in total. The van der Waals surface area contributed by atoms with Gasteiger partial charge in [-0.05, 0) is 25.8 Å². The number of carboxylic acids is 1. The van der Waals surface area contributed by atoms with Crippen molar-refractivity contribution in [2.24, 2.45) is 11.3 Å². The summed E-state index contributed by atoms with van der Waals surface area (Å²) >= 11 is 0. The van der Waals surface area contributed by atoms with Crippen LogP contribution in [0.15, 0.2) is 0 Å². The molecule has 0 spiro atoms. The number of ketones is 1. The molecule has 1 aliphatic heterocycles. The van der Waals surface area contributed by atoms with Gasteiger partial charge in [0, 0.05) is 12.5 Å². The lowest BCUT2D eigenvalue weighted by molar-refractivity contribution is -0.144. The Morgan fingerprint density at radius 1 is 1.43 bits per heavy atom. The molecule has 1 saturated carbocycles. The Bertz CT molecular complexity index is 265. The summed E-state index contributed by atoms with van der Waals surface area (Å²) in [6.07, 6.45) is 2.60. The molecule has 1 aliphatic carbocycles. The normalized spacial score (nSPS) is 31.7. The molecule has 0 aromatic carbocycles. The first-order valence-corrected chi connectivity index (χ1v) is 5.11. The van der Waals surface area contributed by atoms with E-state index in [2.05, 4.69) is 5.32 Å². The predicted molar refractivity (Wildman–Crippen MR) is 49.9 cm³/mol. The number of carboxylic acid groups (broad SMARTS) is 1. The van der Waals surface area contributed by atoms with E-state index in [0.29, 0.717) is 13.0 Å². The first-order valence-electron chi connectivity index (χ1n) is 5.11. The van der Waals surface area contributed by atoms with Gasteiger partial charge in [0.25, 0.3) is 0 Å². The smallest absolute Gasteiger partial charge is 0.304 e. The summed E-state index contributed by atoms with van der Waals surface area (Å²) in [7, 11) is 0. The van der Waals surface area contributed by atoms with Gasteiger partial charge in [0.2, 0.25) is 0 Å². The number of hydrogen-bond acceptors (Lipinski definition) is 3. The molecule has 1 atom stereocenters. The third-order valence-electron chi connectivity index (χ3n) is 3.20. The molecule has 1 heterocycles. The van der Waals surface area contributed by atoms with Crippen molar-refractivity contribution >= 4 is 11.8 Å². The van der Waals surface area contributed by atoms with Crippen LogP contribution in [0.1, 0.15) is 25.7 Å². The van der Waals surface area contributed by atoms with Gasteiger partial charge in [-0.2, -0.15) is 0 Å². The van der Waals surface area contributed by atoms with Gasteiger partial charge in [-0.25, -0.2) is 0 Å². The summed E-state index contributed by atoms with van der Waals surface area (Å²) < 4.78 is 0. The first kappa shape index (κ1) is 9.65. The number of carbonyl (C=O) groups is 2. The van der Waals surface area contributed by atoms with Crippen LogP contribution in [0.3, 0.4) is 0 Å². The van der Waals surface area contributed by atoms with Crippen molar-refractivity contribution in [2.75, 3.05) is 13.1 Å². The second kappa shape index (κ2) is 3.35. The third-order valence-corrected chi connectivity index (χ3v) is 3.20. The molecule has 0 bridgehead atoms. The van der Waals surface area contributed by atoms with Gasteiger partial charge in [-0.15, -0.1) is 0 Å². The third kappa shape index (κ3) is 1.66. The Balaban J connectivity index is 2.11. The van der Waals surface area contributed by atoms with Crippen molar-refractivity contribution < 1.29 is 14.7 Å². The van der Waals surface area contributed by atoms with Gasteiger partial charge < -0.3 is 10.4 Å². The molecule has 0 radical (unpaired) electrons. The average Bonchev–Trinajstić information content (AvgIpc) is 2.86. The van der Waals surface area contributed by atoms with Crippen molar-refractivity contribution in [1.29, 1.82) is 0 Å². The summed E-state index contributed by atoms with van der Waals surface area (Å²) in [6, 6.07) is 0. The summed E-state index contributed by atoms with van der Waals surface area (Å²) in [4.78, 5) is 22.7. The van der Waals surface area contributed by atoms with Gasteiger partial charge in [-0.1, -0.05) is 0 Å². The molecule has 0 unspecified atom stereocenters. The van der Waals surface area contributed by atoms with E-state index in [1.165, 1.54) is 0 Å². The van der Waals surface area contributed by atoms with Crippen LogP contribution < -0.4 is 5.32 Å². The van der Waals surface area contributed by atoms with E-state index in [1.807, 2.05) is 0 Å². The standard InChI is InChI=1S/C10H15NO3/c12-8(13)5-10(3-4-11-6-10)9(14)7-1-2-7/h7,11H,1-6H2,(H,12,13)/t10-/m0/s1. The minimum Gasteiger partial charge on any atom is -0.481 e. The van der Waals surface area contributed by atoms with E-state index in [9.17, 15) is 9.59 Å². The van der Waals surface area contributed by atoms with E-state index in [1.54, 1.807) is 0 Å². The lowest BCUT2D eigenvalue weighted by atomic mass is 9.77. The van der Waals surface area contributed by atoms with Gasteiger partial charge in [0.15, 0.2) is 0 Å². The molecule has 4 nitrogen and oxygen atoms in total. The summed E-state index contributed by atoms with van der Waals surface area (Å²) in [5.74, 6) is -0.512. The monoisotopic (exact) mass is 197 g/mol. The van der Waals surface area contributed by atoms with Crippen LogP contribution in [0.4, 0.5) is 0 Å². The Hall–Kier alpha value is -0.900. The quantitative estimate of drug-likeness (QED) is 0.685. The highest BCUT2D eigenvalue weighted by atomic mass is 16.4. The highest BCUT2D eigenvalue weighted by molar-refractivity contribution is 5.92. The molecule has 0 aromatic rings. The van der Waals surface area contributed by atoms with Gasteiger partial charge in [-0.3, -0.25) is 9.59 Å². The zero-order chi connectivity index (χ0) is 10.2. The first-order chi connectivity index (χ1) is 6.64. The van der Waals surface area contributed by atoms with E-state index in [0.717, 1.165) is 19.4 Å². The highest BCUT2D eigenvalue weighted by Gasteiger charge is 2.48. The predicted octanol–water partition coefficient (Wildman–Crippen LogP) is 0.420. The van der Waals surface area contributed by atoms with Crippen molar-refractivity contribution in [3.63, 3.8) is 0 Å². The fourth-order valence-electron chi connectivity index (χ4n) is 2.26. The van der Waals surface area contributed by atoms with Crippen LogP contribution in [0, 0.1) is 11.3 Å². The van der Waals surface area contributed by atoms with Crippen molar-refractivity contribution in [1.82, 2.24) is 5.32 Å². The fourth-order valence-corrected chi connectivity index (χ4v) is 2.26. The molecule has 1 saturated heterocycles. The van der Waals surface area contributed by atoms with Crippen molar-refractivity contribution in [3.05, 3.63) is 0 Å².